The number of aromatic nitrogens is 2. The van der Waals surface area contributed by atoms with Crippen molar-refractivity contribution in [1.82, 2.24) is 14.1 Å². The van der Waals surface area contributed by atoms with Crippen LogP contribution in [-0.2, 0) is 15.8 Å². The van der Waals surface area contributed by atoms with Crippen molar-refractivity contribution < 1.29 is 13.2 Å². The minimum atomic E-state index is -3.59. The van der Waals surface area contributed by atoms with Crippen LogP contribution < -0.4 is 20.9 Å². The molecule has 0 radical (unpaired) electrons. The van der Waals surface area contributed by atoms with E-state index in [0.29, 0.717) is 47.3 Å². The number of benzene rings is 2. The quantitative estimate of drug-likeness (QED) is 0.370. The molecule has 0 atom stereocenters. The van der Waals surface area contributed by atoms with Crippen molar-refractivity contribution in [3.63, 3.8) is 0 Å². The van der Waals surface area contributed by atoms with Crippen molar-refractivity contribution in [2.75, 3.05) is 43.4 Å². The number of piperazine rings is 1. The van der Waals surface area contributed by atoms with E-state index in [-0.39, 0.29) is 41.5 Å². The highest BCUT2D eigenvalue weighted by atomic mass is 35.5. The number of nitrogens with zero attached hydrogens (tertiary/aromatic N) is 4. The molecule has 214 valence electrons. The molecule has 40 heavy (non-hydrogen) atoms. The number of hydrogen-bond donors (Lipinski definition) is 1. The first-order valence-corrected chi connectivity index (χ1v) is 15.6. The third kappa shape index (κ3) is 5.99. The van der Waals surface area contributed by atoms with Gasteiger partial charge in [-0.05, 0) is 48.1 Å². The molecule has 2 aromatic carbocycles. The van der Waals surface area contributed by atoms with Crippen LogP contribution in [0.4, 0.5) is 11.4 Å². The first-order chi connectivity index (χ1) is 19.0. The number of rotatable bonds is 9. The third-order valence-corrected chi connectivity index (χ3v) is 9.86. The topological polar surface area (TPSA) is 111 Å². The molecule has 0 spiro atoms. The predicted molar refractivity (Wildman–Crippen MR) is 159 cm³/mol. The second kappa shape index (κ2) is 11.1. The third-order valence-electron chi connectivity index (χ3n) is 7.80. The average Bonchev–Trinajstić information content (AvgIpc) is 3.66. The van der Waals surface area contributed by atoms with Gasteiger partial charge < -0.3 is 15.4 Å². The fourth-order valence-electron chi connectivity index (χ4n) is 4.94. The van der Waals surface area contributed by atoms with E-state index in [0.717, 1.165) is 18.4 Å². The maximum absolute atomic E-state index is 13.6. The largest absolute Gasteiger partial charge is 0.486 e. The smallest absolute Gasteiger partial charge is 0.316 e. The van der Waals surface area contributed by atoms with Crippen molar-refractivity contribution in [1.29, 1.82) is 0 Å². The lowest BCUT2D eigenvalue weighted by atomic mass is 9.99. The molecule has 2 aliphatic rings. The Morgan fingerprint density at radius 2 is 1.80 bits per heavy atom. The summed E-state index contributed by atoms with van der Waals surface area (Å²) in [5.41, 5.74) is 9.23. The maximum Gasteiger partial charge on any atom is 0.316 e. The highest BCUT2D eigenvalue weighted by Crippen LogP contribution is 2.45. The Morgan fingerprint density at radius 1 is 1.10 bits per heavy atom. The van der Waals surface area contributed by atoms with E-state index in [9.17, 15) is 13.2 Å². The Morgan fingerprint density at radius 3 is 2.45 bits per heavy atom. The van der Waals surface area contributed by atoms with Gasteiger partial charge in [0.25, 0.3) is 0 Å². The number of nitrogen functional groups attached to an aromatic ring is 1. The number of sulfonamides is 1. The standard InChI is InChI=1S/C29H36ClN5O4S/c1-20(2)24-9-4-6-21(26(24)31)18-40(37,38)34-14-12-33(13-15-34)25-17-32-35(23-8-5-7-22(30)16-23)28(36)27(25)39-19-29(3)10-11-29/h4-9,16-17,20H,10-15,18-19,31H2,1-3H3. The van der Waals surface area contributed by atoms with Crippen LogP contribution in [0.2, 0.25) is 5.02 Å². The van der Waals surface area contributed by atoms with E-state index >= 15 is 0 Å². The van der Waals surface area contributed by atoms with E-state index in [1.54, 1.807) is 36.5 Å². The monoisotopic (exact) mass is 585 g/mol. The Balaban J connectivity index is 1.36. The summed E-state index contributed by atoms with van der Waals surface area (Å²) < 4.78 is 35.7. The summed E-state index contributed by atoms with van der Waals surface area (Å²) in [6, 6.07) is 12.5. The fourth-order valence-corrected chi connectivity index (χ4v) is 6.67. The van der Waals surface area contributed by atoms with Crippen molar-refractivity contribution in [3.05, 3.63) is 75.2 Å². The van der Waals surface area contributed by atoms with Gasteiger partial charge in [-0.3, -0.25) is 4.79 Å². The summed E-state index contributed by atoms with van der Waals surface area (Å²) in [7, 11) is -3.59. The van der Waals surface area contributed by atoms with Crippen LogP contribution in [0, 0.1) is 5.41 Å². The number of ether oxygens (including phenoxy) is 1. The van der Waals surface area contributed by atoms with Gasteiger partial charge in [0.15, 0.2) is 0 Å². The van der Waals surface area contributed by atoms with Gasteiger partial charge in [-0.1, -0.05) is 56.6 Å². The Labute approximate surface area is 240 Å². The van der Waals surface area contributed by atoms with E-state index in [2.05, 4.69) is 12.0 Å². The van der Waals surface area contributed by atoms with Gasteiger partial charge in [0, 0.05) is 42.3 Å². The van der Waals surface area contributed by atoms with Gasteiger partial charge in [-0.2, -0.15) is 14.1 Å². The molecule has 0 amide bonds. The van der Waals surface area contributed by atoms with E-state index < -0.39 is 10.0 Å². The maximum atomic E-state index is 13.6. The number of anilines is 2. The minimum absolute atomic E-state index is 0.0648. The summed E-state index contributed by atoms with van der Waals surface area (Å²) >= 11 is 6.16. The van der Waals surface area contributed by atoms with Crippen LogP contribution >= 0.6 is 11.6 Å². The summed E-state index contributed by atoms with van der Waals surface area (Å²) in [6.07, 6.45) is 3.73. The molecule has 11 heteroatoms. The molecule has 1 saturated heterocycles. The molecule has 2 heterocycles. The highest BCUT2D eigenvalue weighted by Gasteiger charge is 2.39. The Bertz CT molecular complexity index is 1560. The van der Waals surface area contributed by atoms with Gasteiger partial charge >= 0.3 is 5.56 Å². The van der Waals surface area contributed by atoms with Crippen molar-refractivity contribution in [3.8, 4) is 11.4 Å². The molecular formula is C29H36ClN5O4S. The van der Waals surface area contributed by atoms with Crippen molar-refractivity contribution in [2.45, 2.75) is 45.3 Å². The van der Waals surface area contributed by atoms with Crippen LogP contribution in [0.5, 0.6) is 5.75 Å². The van der Waals surface area contributed by atoms with Gasteiger partial charge in [-0.15, -0.1) is 0 Å². The lowest BCUT2D eigenvalue weighted by Gasteiger charge is -2.36. The Kier molecular flexibility index (Phi) is 7.87. The van der Waals surface area contributed by atoms with Crippen LogP contribution in [0.3, 0.4) is 0 Å². The molecule has 0 bridgehead atoms. The number of para-hydroxylation sites is 1. The van der Waals surface area contributed by atoms with E-state index in [1.165, 1.54) is 8.99 Å². The van der Waals surface area contributed by atoms with Crippen LogP contribution in [-0.4, -0.2) is 55.3 Å². The number of nitrogens with two attached hydrogens (primary N) is 1. The van der Waals surface area contributed by atoms with Crippen molar-refractivity contribution >= 4 is 33.0 Å². The molecule has 5 rings (SSSR count). The van der Waals surface area contributed by atoms with Crippen molar-refractivity contribution in [2.24, 2.45) is 5.41 Å². The predicted octanol–water partition coefficient (Wildman–Crippen LogP) is 4.42. The molecule has 2 N–H and O–H groups in total. The summed E-state index contributed by atoms with van der Waals surface area (Å²) in [5, 5.41) is 4.92. The summed E-state index contributed by atoms with van der Waals surface area (Å²) in [4.78, 5) is 15.6. The van der Waals surface area contributed by atoms with E-state index in [1.807, 2.05) is 30.9 Å². The van der Waals surface area contributed by atoms with Crippen LogP contribution in [0.25, 0.3) is 5.69 Å². The highest BCUT2D eigenvalue weighted by molar-refractivity contribution is 7.88. The second-order valence-corrected chi connectivity index (χ2v) is 13.8. The lowest BCUT2D eigenvalue weighted by Crippen LogP contribution is -2.49. The molecule has 2 fully saturated rings. The van der Waals surface area contributed by atoms with Gasteiger partial charge in [0.1, 0.15) is 5.69 Å². The zero-order chi connectivity index (χ0) is 28.7. The number of hydrogen-bond acceptors (Lipinski definition) is 7. The lowest BCUT2D eigenvalue weighted by molar-refractivity contribution is 0.242. The normalized spacial score (nSPS) is 17.3. The van der Waals surface area contributed by atoms with Gasteiger partial charge in [-0.25, -0.2) is 8.42 Å². The molecule has 1 aliphatic carbocycles. The fraction of sp³-hybridized carbons (Fsp3) is 0.448. The average molecular weight is 586 g/mol. The minimum Gasteiger partial charge on any atom is -0.486 e. The Hall–Kier alpha value is -3.08. The second-order valence-electron chi connectivity index (χ2n) is 11.4. The molecule has 3 aromatic rings. The molecule has 9 nitrogen and oxygen atoms in total. The van der Waals surface area contributed by atoms with Gasteiger partial charge in [0.2, 0.25) is 15.8 Å². The zero-order valence-corrected chi connectivity index (χ0v) is 24.7. The molecule has 1 saturated carbocycles. The SMILES string of the molecule is CC(C)c1cccc(CS(=O)(=O)N2CCN(c3cnn(-c4cccc(Cl)c4)c(=O)c3OCC3(C)CC3)CC2)c1N. The first-order valence-electron chi connectivity index (χ1n) is 13.6. The van der Waals surface area contributed by atoms with Crippen LogP contribution in [0.15, 0.2) is 53.5 Å². The van der Waals surface area contributed by atoms with Gasteiger partial charge in [0.05, 0.1) is 24.2 Å². The molecule has 1 aromatic heterocycles. The van der Waals surface area contributed by atoms with E-state index in [4.69, 9.17) is 22.1 Å². The summed E-state index contributed by atoms with van der Waals surface area (Å²) in [6.45, 7) is 7.99. The summed E-state index contributed by atoms with van der Waals surface area (Å²) in [5.74, 6) is 0.273. The molecule has 1 aliphatic heterocycles. The first kappa shape index (κ1) is 28.4. The zero-order valence-electron chi connectivity index (χ0n) is 23.1. The molecular weight excluding hydrogens is 550 g/mol. The van der Waals surface area contributed by atoms with Crippen LogP contribution in [0.1, 0.15) is 50.7 Å². The molecule has 0 unspecified atom stereocenters. The number of halogens is 1.